The topological polar surface area (TPSA) is 29.5 Å². The van der Waals surface area contributed by atoms with Crippen molar-refractivity contribution in [2.75, 3.05) is 26.2 Å². The molecule has 0 bridgehead atoms. The van der Waals surface area contributed by atoms with Crippen molar-refractivity contribution in [1.29, 1.82) is 0 Å². The van der Waals surface area contributed by atoms with Gasteiger partial charge in [0.1, 0.15) is 0 Å². The first kappa shape index (κ1) is 22.2. The normalized spacial score (nSPS) is 11.0. The van der Waals surface area contributed by atoms with Crippen LogP contribution in [0.2, 0.25) is 0 Å². The average molecular weight is 326 g/mol. The number of ether oxygens (including phenoxy) is 1. The van der Waals surface area contributed by atoms with E-state index in [9.17, 15) is 4.79 Å². The molecule has 0 radical (unpaired) electrons. The molecule has 0 aromatic heterocycles. The summed E-state index contributed by atoms with van der Waals surface area (Å²) in [6.07, 6.45) is 12.9. The molecule has 0 aromatic carbocycles. The lowest BCUT2D eigenvalue weighted by Crippen LogP contribution is -2.23. The number of esters is 1. The first-order chi connectivity index (χ1) is 11.1. The Bertz CT molecular complexity index is 298. The van der Waals surface area contributed by atoms with Gasteiger partial charge in [-0.3, -0.25) is 0 Å². The Labute approximate surface area is 144 Å². The number of hydrogen-bond donors (Lipinski definition) is 0. The van der Waals surface area contributed by atoms with E-state index in [1.807, 2.05) is 0 Å². The van der Waals surface area contributed by atoms with Gasteiger partial charge in [0.05, 0.1) is 6.61 Å². The lowest BCUT2D eigenvalue weighted by Gasteiger charge is -2.17. The second-order valence-electron chi connectivity index (χ2n) is 6.48. The van der Waals surface area contributed by atoms with Crippen LogP contribution in [0, 0.1) is 0 Å². The highest BCUT2D eigenvalue weighted by molar-refractivity contribution is 5.86. The molecule has 0 spiro atoms. The fourth-order valence-electron chi connectivity index (χ4n) is 2.68. The summed E-state index contributed by atoms with van der Waals surface area (Å²) in [5.41, 5.74) is 0.488. The first-order valence-electron chi connectivity index (χ1n) is 9.66. The smallest absolute Gasteiger partial charge is 0.333 e. The van der Waals surface area contributed by atoms with Crippen molar-refractivity contribution in [2.45, 2.75) is 85.0 Å². The fraction of sp³-hybridized carbons (Fsp3) is 0.850. The van der Waals surface area contributed by atoms with Crippen LogP contribution in [-0.4, -0.2) is 37.1 Å². The lowest BCUT2D eigenvalue weighted by atomic mass is 10.1. The van der Waals surface area contributed by atoms with Gasteiger partial charge < -0.3 is 9.64 Å². The summed E-state index contributed by atoms with van der Waals surface area (Å²) in [5, 5.41) is 0. The quantitative estimate of drug-likeness (QED) is 0.218. The maximum atomic E-state index is 11.2. The van der Waals surface area contributed by atoms with Crippen LogP contribution in [0.3, 0.4) is 0 Å². The molecule has 23 heavy (non-hydrogen) atoms. The lowest BCUT2D eigenvalue weighted by molar-refractivity contribution is -0.139. The van der Waals surface area contributed by atoms with Gasteiger partial charge in [-0.25, -0.2) is 4.79 Å². The Morgan fingerprint density at radius 1 is 0.826 bits per heavy atom. The van der Waals surface area contributed by atoms with Crippen molar-refractivity contribution in [3.8, 4) is 0 Å². The summed E-state index contributed by atoms with van der Waals surface area (Å²) in [4.78, 5) is 13.7. The molecule has 0 aliphatic carbocycles. The third-order valence-corrected chi connectivity index (χ3v) is 4.34. The van der Waals surface area contributed by atoms with Crippen LogP contribution < -0.4 is 0 Å². The van der Waals surface area contributed by atoms with Gasteiger partial charge in [0.15, 0.2) is 0 Å². The number of rotatable bonds is 16. The van der Waals surface area contributed by atoms with Crippen LogP contribution in [0.25, 0.3) is 0 Å². The Hall–Kier alpha value is -0.830. The van der Waals surface area contributed by atoms with Crippen LogP contribution >= 0.6 is 0 Å². The largest absolute Gasteiger partial charge is 0.462 e. The van der Waals surface area contributed by atoms with Crippen LogP contribution in [-0.2, 0) is 9.53 Å². The zero-order chi connectivity index (χ0) is 17.3. The summed E-state index contributed by atoms with van der Waals surface area (Å²) in [6, 6.07) is 0. The summed E-state index contributed by atoms with van der Waals surface area (Å²) >= 11 is 0. The molecular weight excluding hydrogens is 286 g/mol. The van der Waals surface area contributed by atoms with Crippen molar-refractivity contribution < 1.29 is 9.53 Å². The molecule has 0 aliphatic rings. The number of carbonyl (C=O) groups excluding carboxylic acids is 1. The monoisotopic (exact) mass is 325 g/mol. The van der Waals surface area contributed by atoms with E-state index in [0.717, 1.165) is 12.8 Å². The van der Waals surface area contributed by atoms with Gasteiger partial charge in [-0.05, 0) is 39.4 Å². The van der Waals surface area contributed by atoms with Crippen LogP contribution in [0.1, 0.15) is 85.0 Å². The van der Waals surface area contributed by atoms with Gasteiger partial charge in [-0.2, -0.15) is 0 Å². The molecule has 0 amide bonds. The van der Waals surface area contributed by atoms with Gasteiger partial charge in [0, 0.05) is 5.57 Å². The summed E-state index contributed by atoms with van der Waals surface area (Å²) in [5.74, 6) is -0.258. The molecule has 3 nitrogen and oxygen atoms in total. The zero-order valence-electron chi connectivity index (χ0n) is 15.9. The predicted molar refractivity (Wildman–Crippen MR) is 99.7 cm³/mol. The van der Waals surface area contributed by atoms with E-state index in [-0.39, 0.29) is 5.97 Å². The molecule has 0 aromatic rings. The minimum Gasteiger partial charge on any atom is -0.462 e. The minimum atomic E-state index is -0.258. The summed E-state index contributed by atoms with van der Waals surface area (Å²) < 4.78 is 5.08. The second kappa shape index (κ2) is 16.0. The highest BCUT2D eigenvalue weighted by atomic mass is 16.5. The summed E-state index contributed by atoms with van der Waals surface area (Å²) in [7, 11) is 0. The summed E-state index contributed by atoms with van der Waals surface area (Å²) in [6.45, 7) is 13.9. The number of unbranched alkanes of at least 4 members (excludes halogenated alkanes) is 9. The maximum Gasteiger partial charge on any atom is 0.333 e. The van der Waals surface area contributed by atoms with Crippen molar-refractivity contribution in [3.63, 3.8) is 0 Å². The SMILES string of the molecule is C=C(C)C(=O)OCCCCCCCCCCCCN(CC)CC. The first-order valence-corrected chi connectivity index (χ1v) is 9.66. The molecule has 0 fully saturated rings. The third kappa shape index (κ3) is 14.5. The highest BCUT2D eigenvalue weighted by Crippen LogP contribution is 2.11. The average Bonchev–Trinajstić information content (AvgIpc) is 2.55. The highest BCUT2D eigenvalue weighted by Gasteiger charge is 2.01. The van der Waals surface area contributed by atoms with Crippen molar-refractivity contribution in [3.05, 3.63) is 12.2 Å². The molecule has 0 unspecified atom stereocenters. The van der Waals surface area contributed by atoms with E-state index in [2.05, 4.69) is 25.3 Å². The van der Waals surface area contributed by atoms with Crippen LogP contribution in [0.15, 0.2) is 12.2 Å². The number of carbonyl (C=O) groups is 1. The Morgan fingerprint density at radius 3 is 1.70 bits per heavy atom. The predicted octanol–water partition coefficient (Wildman–Crippen LogP) is 5.35. The van der Waals surface area contributed by atoms with E-state index in [1.165, 1.54) is 71.0 Å². The van der Waals surface area contributed by atoms with Crippen LogP contribution in [0.4, 0.5) is 0 Å². The zero-order valence-corrected chi connectivity index (χ0v) is 15.9. The molecule has 0 aliphatic heterocycles. The molecule has 0 saturated heterocycles. The molecule has 0 heterocycles. The maximum absolute atomic E-state index is 11.2. The second-order valence-corrected chi connectivity index (χ2v) is 6.48. The van der Waals surface area contributed by atoms with Crippen molar-refractivity contribution in [2.24, 2.45) is 0 Å². The van der Waals surface area contributed by atoms with Gasteiger partial charge in [0.25, 0.3) is 0 Å². The molecule has 136 valence electrons. The molecule has 0 atom stereocenters. The van der Waals surface area contributed by atoms with E-state index in [0.29, 0.717) is 12.2 Å². The molecule has 0 rings (SSSR count). The van der Waals surface area contributed by atoms with Crippen LogP contribution in [0.5, 0.6) is 0 Å². The van der Waals surface area contributed by atoms with Gasteiger partial charge in [-0.15, -0.1) is 0 Å². The molecule has 3 heteroatoms. The Morgan fingerprint density at radius 2 is 1.26 bits per heavy atom. The molecular formula is C20H39NO2. The minimum absolute atomic E-state index is 0.258. The number of hydrogen-bond acceptors (Lipinski definition) is 3. The molecule has 0 N–H and O–H groups in total. The fourth-order valence-corrected chi connectivity index (χ4v) is 2.68. The Balaban J connectivity index is 3.16. The Kier molecular flexibility index (Phi) is 15.5. The van der Waals surface area contributed by atoms with E-state index >= 15 is 0 Å². The van der Waals surface area contributed by atoms with E-state index < -0.39 is 0 Å². The van der Waals surface area contributed by atoms with Crippen molar-refractivity contribution in [1.82, 2.24) is 4.90 Å². The standard InChI is InChI=1S/C20H39NO2/c1-5-21(6-2)17-15-13-11-9-7-8-10-12-14-16-18-23-20(22)19(3)4/h3,5-18H2,1-2,4H3. The van der Waals surface area contributed by atoms with Gasteiger partial charge in [0.2, 0.25) is 0 Å². The van der Waals surface area contributed by atoms with Gasteiger partial charge >= 0.3 is 5.97 Å². The van der Waals surface area contributed by atoms with Gasteiger partial charge in [-0.1, -0.05) is 71.8 Å². The van der Waals surface area contributed by atoms with Crippen molar-refractivity contribution >= 4 is 5.97 Å². The number of nitrogens with zero attached hydrogens (tertiary/aromatic N) is 1. The van der Waals surface area contributed by atoms with E-state index in [1.54, 1.807) is 6.92 Å². The third-order valence-electron chi connectivity index (χ3n) is 4.34. The van der Waals surface area contributed by atoms with E-state index in [4.69, 9.17) is 4.74 Å². The molecule has 0 saturated carbocycles.